The predicted molar refractivity (Wildman–Crippen MR) is 64.8 cm³/mol. The molecule has 0 aromatic heterocycles. The average Bonchev–Trinajstić information content (AvgIpc) is 2.16. The number of aromatic hydroxyl groups is 1. The summed E-state index contributed by atoms with van der Waals surface area (Å²) in [6.07, 6.45) is 0. The maximum Gasteiger partial charge on any atom is 0.182 e. The molecule has 1 rings (SSSR count). The zero-order chi connectivity index (χ0) is 12.3. The quantitative estimate of drug-likeness (QED) is 0.767. The lowest BCUT2D eigenvalue weighted by Gasteiger charge is -2.27. The lowest BCUT2D eigenvalue weighted by molar-refractivity contribution is 0.0874. The Morgan fingerprint density at radius 1 is 1.25 bits per heavy atom. The second-order valence-corrected chi connectivity index (χ2v) is 4.80. The highest BCUT2D eigenvalue weighted by atomic mass is 16.3. The molecule has 2 N–H and O–H groups in total. The van der Waals surface area contributed by atoms with Crippen molar-refractivity contribution in [2.75, 3.05) is 0 Å². The average molecular weight is 221 g/mol. The minimum Gasteiger partial charge on any atom is -0.508 e. The first kappa shape index (κ1) is 12.7. The van der Waals surface area contributed by atoms with Gasteiger partial charge < -0.3 is 10.4 Å². The van der Waals surface area contributed by atoms with Crippen molar-refractivity contribution in [3.8, 4) is 5.75 Å². The Bertz CT molecular complexity index is 366. The molecule has 0 radical (unpaired) electrons. The summed E-state index contributed by atoms with van der Waals surface area (Å²) in [6.45, 7) is 7.74. The summed E-state index contributed by atoms with van der Waals surface area (Å²) in [5, 5.41) is 12.4. The highest BCUT2D eigenvalue weighted by Crippen LogP contribution is 2.16. The highest BCUT2D eigenvalue weighted by molar-refractivity contribution is 6.02. The molecule has 0 aliphatic heterocycles. The van der Waals surface area contributed by atoms with E-state index in [9.17, 15) is 4.79 Å². The van der Waals surface area contributed by atoms with Gasteiger partial charge in [-0.1, -0.05) is 0 Å². The molecule has 1 aromatic carbocycles. The van der Waals surface area contributed by atoms with E-state index in [1.54, 1.807) is 12.1 Å². The Balaban J connectivity index is 2.88. The van der Waals surface area contributed by atoms with Gasteiger partial charge in [0.25, 0.3) is 0 Å². The highest BCUT2D eigenvalue weighted by Gasteiger charge is 2.28. The number of benzene rings is 1. The maximum atomic E-state index is 12.2. The van der Waals surface area contributed by atoms with Crippen LogP contribution in [0.15, 0.2) is 24.3 Å². The third-order valence-electron chi connectivity index (χ3n) is 2.35. The van der Waals surface area contributed by atoms with E-state index in [1.165, 1.54) is 12.1 Å². The van der Waals surface area contributed by atoms with Crippen LogP contribution in [0.4, 0.5) is 0 Å². The zero-order valence-electron chi connectivity index (χ0n) is 10.2. The molecule has 0 fully saturated rings. The molecule has 16 heavy (non-hydrogen) atoms. The van der Waals surface area contributed by atoms with Crippen LogP contribution >= 0.6 is 0 Å². The number of phenolic OH excluding ortho intramolecular Hbond substituents is 1. The molecule has 88 valence electrons. The molecule has 0 saturated heterocycles. The molecule has 0 spiro atoms. The normalized spacial score (nSPS) is 11.8. The van der Waals surface area contributed by atoms with Crippen molar-refractivity contribution in [2.45, 2.75) is 39.3 Å². The van der Waals surface area contributed by atoms with Gasteiger partial charge >= 0.3 is 0 Å². The fourth-order valence-electron chi connectivity index (χ4n) is 1.76. The van der Waals surface area contributed by atoms with Gasteiger partial charge in [0.05, 0.1) is 5.54 Å². The van der Waals surface area contributed by atoms with Crippen LogP contribution in [0.2, 0.25) is 0 Å². The fraction of sp³-hybridized carbons (Fsp3) is 0.462. The summed E-state index contributed by atoms with van der Waals surface area (Å²) >= 11 is 0. The number of phenols is 1. The van der Waals surface area contributed by atoms with Gasteiger partial charge in [-0.2, -0.15) is 0 Å². The van der Waals surface area contributed by atoms with Gasteiger partial charge in [0.15, 0.2) is 5.78 Å². The van der Waals surface area contributed by atoms with Crippen molar-refractivity contribution in [3.05, 3.63) is 29.8 Å². The van der Waals surface area contributed by atoms with Crippen molar-refractivity contribution in [1.29, 1.82) is 0 Å². The SMILES string of the molecule is CC(C)NC(C)(C)C(=O)c1ccc(O)cc1. The molecule has 0 saturated carbocycles. The van der Waals surface area contributed by atoms with Gasteiger partial charge in [-0.05, 0) is 52.0 Å². The summed E-state index contributed by atoms with van der Waals surface area (Å²) < 4.78 is 0. The number of hydrogen-bond acceptors (Lipinski definition) is 3. The van der Waals surface area contributed by atoms with Gasteiger partial charge in [-0.15, -0.1) is 0 Å². The van der Waals surface area contributed by atoms with Gasteiger partial charge in [-0.3, -0.25) is 4.79 Å². The van der Waals surface area contributed by atoms with Crippen LogP contribution < -0.4 is 5.32 Å². The van der Waals surface area contributed by atoms with Crippen LogP contribution in [-0.2, 0) is 0 Å². The van der Waals surface area contributed by atoms with E-state index < -0.39 is 5.54 Å². The molecule has 0 unspecified atom stereocenters. The topological polar surface area (TPSA) is 49.3 Å². The third-order valence-corrected chi connectivity index (χ3v) is 2.35. The van der Waals surface area contributed by atoms with E-state index in [2.05, 4.69) is 5.32 Å². The van der Waals surface area contributed by atoms with Crippen molar-refractivity contribution < 1.29 is 9.90 Å². The summed E-state index contributed by atoms with van der Waals surface area (Å²) in [5.74, 6) is 0.201. The van der Waals surface area contributed by atoms with Gasteiger partial charge in [0.1, 0.15) is 5.75 Å². The predicted octanol–water partition coefficient (Wildman–Crippen LogP) is 2.35. The molecule has 1 aromatic rings. The minimum atomic E-state index is -0.592. The number of carbonyl (C=O) groups excluding carboxylic acids is 1. The Hall–Kier alpha value is -1.35. The Kier molecular flexibility index (Phi) is 3.70. The Labute approximate surface area is 96.5 Å². The molecule has 0 aliphatic carbocycles. The van der Waals surface area contributed by atoms with Crippen LogP contribution in [0, 0.1) is 0 Å². The smallest absolute Gasteiger partial charge is 0.182 e. The number of nitrogens with one attached hydrogen (secondary N) is 1. The largest absolute Gasteiger partial charge is 0.508 e. The summed E-state index contributed by atoms with van der Waals surface area (Å²) in [7, 11) is 0. The first-order valence-corrected chi connectivity index (χ1v) is 5.44. The molecular formula is C13H19NO2. The van der Waals surface area contributed by atoms with Gasteiger partial charge in [0.2, 0.25) is 0 Å². The molecule has 0 amide bonds. The van der Waals surface area contributed by atoms with Crippen molar-refractivity contribution in [1.82, 2.24) is 5.32 Å². The van der Waals surface area contributed by atoms with Crippen LogP contribution in [0.5, 0.6) is 5.75 Å². The molecule has 0 heterocycles. The standard InChI is InChI=1S/C13H19NO2/c1-9(2)14-13(3,4)12(16)10-5-7-11(15)8-6-10/h5-9,14-15H,1-4H3. The van der Waals surface area contributed by atoms with Crippen LogP contribution in [0.3, 0.4) is 0 Å². The van der Waals surface area contributed by atoms with E-state index in [4.69, 9.17) is 5.11 Å². The fourth-order valence-corrected chi connectivity index (χ4v) is 1.76. The monoisotopic (exact) mass is 221 g/mol. The van der Waals surface area contributed by atoms with Crippen molar-refractivity contribution in [2.24, 2.45) is 0 Å². The van der Waals surface area contributed by atoms with Crippen LogP contribution in [-0.4, -0.2) is 22.5 Å². The van der Waals surface area contributed by atoms with Crippen LogP contribution in [0.25, 0.3) is 0 Å². The first-order valence-electron chi connectivity index (χ1n) is 5.44. The van der Waals surface area contributed by atoms with E-state index in [0.29, 0.717) is 5.56 Å². The van der Waals surface area contributed by atoms with Crippen LogP contribution in [0.1, 0.15) is 38.1 Å². The Morgan fingerprint density at radius 3 is 2.19 bits per heavy atom. The lowest BCUT2D eigenvalue weighted by atomic mass is 9.92. The number of carbonyl (C=O) groups is 1. The maximum absolute atomic E-state index is 12.2. The third kappa shape index (κ3) is 3.07. The van der Waals surface area contributed by atoms with Gasteiger partial charge in [0, 0.05) is 11.6 Å². The number of rotatable bonds is 4. The molecule has 0 aliphatic rings. The summed E-state index contributed by atoms with van der Waals surface area (Å²) in [4.78, 5) is 12.2. The summed E-state index contributed by atoms with van der Waals surface area (Å²) in [5.41, 5.74) is 0.0152. The van der Waals surface area contributed by atoms with Crippen molar-refractivity contribution in [3.63, 3.8) is 0 Å². The molecule has 3 heteroatoms. The first-order chi connectivity index (χ1) is 7.33. The second kappa shape index (κ2) is 4.66. The second-order valence-electron chi connectivity index (χ2n) is 4.80. The molecule has 3 nitrogen and oxygen atoms in total. The van der Waals surface area contributed by atoms with Crippen molar-refractivity contribution >= 4 is 5.78 Å². The minimum absolute atomic E-state index is 0.0289. The van der Waals surface area contributed by atoms with E-state index in [-0.39, 0.29) is 17.6 Å². The summed E-state index contributed by atoms with van der Waals surface area (Å²) in [6, 6.07) is 6.58. The van der Waals surface area contributed by atoms with E-state index >= 15 is 0 Å². The van der Waals surface area contributed by atoms with E-state index in [0.717, 1.165) is 0 Å². The zero-order valence-corrected chi connectivity index (χ0v) is 10.2. The lowest BCUT2D eigenvalue weighted by Crippen LogP contribution is -2.49. The molecular weight excluding hydrogens is 202 g/mol. The Morgan fingerprint density at radius 2 is 1.75 bits per heavy atom. The molecule has 0 bridgehead atoms. The number of ketones is 1. The molecule has 0 atom stereocenters. The number of hydrogen-bond donors (Lipinski definition) is 2. The number of Topliss-reactive ketones (excluding diaryl/α,β-unsaturated/α-hetero) is 1. The van der Waals surface area contributed by atoms with E-state index in [1.807, 2.05) is 27.7 Å². The van der Waals surface area contributed by atoms with Gasteiger partial charge in [-0.25, -0.2) is 0 Å².